The molecule has 150 valence electrons. The Morgan fingerprint density at radius 2 is 1.56 bits per heavy atom. The SMILES string of the molecule is CC.CCC.O=S(=O)(c1ccc(Cl)cc1)[C@@H]1CCOc2c(F)ccc(F)c21. The van der Waals surface area contributed by atoms with Crippen LogP contribution in [0, 0.1) is 11.6 Å². The van der Waals surface area contributed by atoms with Crippen molar-refractivity contribution in [3.05, 3.63) is 58.6 Å². The first kappa shape index (κ1) is 23.4. The monoisotopic (exact) mass is 418 g/mol. The number of hydrogen-bond acceptors (Lipinski definition) is 3. The van der Waals surface area contributed by atoms with Crippen LogP contribution in [-0.4, -0.2) is 15.0 Å². The van der Waals surface area contributed by atoms with Crippen LogP contribution in [0.25, 0.3) is 0 Å². The third kappa shape index (κ3) is 5.42. The van der Waals surface area contributed by atoms with E-state index in [1.165, 1.54) is 30.7 Å². The second kappa shape index (κ2) is 10.6. The van der Waals surface area contributed by atoms with Gasteiger partial charge in [0.2, 0.25) is 0 Å². The van der Waals surface area contributed by atoms with E-state index in [9.17, 15) is 17.2 Å². The Bertz CT molecular complexity index is 837. The molecule has 3 nitrogen and oxygen atoms in total. The van der Waals surface area contributed by atoms with E-state index >= 15 is 0 Å². The first-order valence-electron chi connectivity index (χ1n) is 8.93. The van der Waals surface area contributed by atoms with Crippen molar-refractivity contribution >= 4 is 21.4 Å². The Labute approximate surface area is 165 Å². The molecular formula is C20H25ClF2O3S. The molecule has 2 aromatic rings. The van der Waals surface area contributed by atoms with Crippen molar-refractivity contribution in [3.63, 3.8) is 0 Å². The molecule has 1 aliphatic heterocycles. The van der Waals surface area contributed by atoms with Gasteiger partial charge in [-0.3, -0.25) is 0 Å². The summed E-state index contributed by atoms with van der Waals surface area (Å²) in [5.41, 5.74) is -0.249. The van der Waals surface area contributed by atoms with Gasteiger partial charge < -0.3 is 4.74 Å². The minimum absolute atomic E-state index is 0.00482. The van der Waals surface area contributed by atoms with Crippen LogP contribution in [0.2, 0.25) is 5.02 Å². The van der Waals surface area contributed by atoms with E-state index in [-0.39, 0.29) is 29.2 Å². The molecule has 2 aromatic carbocycles. The maximum atomic E-state index is 14.1. The highest BCUT2D eigenvalue weighted by Gasteiger charge is 2.37. The third-order valence-corrected chi connectivity index (χ3v) is 5.96. The lowest BCUT2D eigenvalue weighted by Gasteiger charge is -2.26. The van der Waals surface area contributed by atoms with Crippen LogP contribution in [0.1, 0.15) is 51.3 Å². The van der Waals surface area contributed by atoms with Crippen molar-refractivity contribution < 1.29 is 21.9 Å². The molecule has 0 fully saturated rings. The summed E-state index contributed by atoms with van der Waals surface area (Å²) >= 11 is 5.75. The molecule has 1 aliphatic rings. The van der Waals surface area contributed by atoms with Crippen LogP contribution in [0.4, 0.5) is 8.78 Å². The van der Waals surface area contributed by atoms with E-state index in [2.05, 4.69) is 13.8 Å². The smallest absolute Gasteiger partial charge is 0.185 e. The van der Waals surface area contributed by atoms with Crippen LogP contribution in [0.3, 0.4) is 0 Å². The number of ether oxygens (including phenoxy) is 1. The Hall–Kier alpha value is -1.66. The van der Waals surface area contributed by atoms with Gasteiger partial charge in [0.15, 0.2) is 21.4 Å². The molecule has 0 aliphatic carbocycles. The number of fused-ring (bicyclic) bond motifs is 1. The molecule has 0 saturated heterocycles. The van der Waals surface area contributed by atoms with Gasteiger partial charge in [-0.15, -0.1) is 0 Å². The average Bonchev–Trinajstić information content (AvgIpc) is 2.67. The molecule has 0 bridgehead atoms. The summed E-state index contributed by atoms with van der Waals surface area (Å²) in [6, 6.07) is 7.42. The topological polar surface area (TPSA) is 43.4 Å². The van der Waals surface area contributed by atoms with Gasteiger partial charge in [0, 0.05) is 11.4 Å². The van der Waals surface area contributed by atoms with Gasteiger partial charge in [-0.1, -0.05) is 45.7 Å². The molecule has 0 N–H and O–H groups in total. The van der Waals surface area contributed by atoms with E-state index in [0.717, 1.165) is 12.1 Å². The Kier molecular flexibility index (Phi) is 9.19. The lowest BCUT2D eigenvalue weighted by molar-refractivity contribution is 0.264. The van der Waals surface area contributed by atoms with Crippen molar-refractivity contribution in [2.75, 3.05) is 6.61 Å². The average molecular weight is 419 g/mol. The first-order chi connectivity index (χ1) is 12.8. The van der Waals surface area contributed by atoms with Crippen LogP contribution in [0.5, 0.6) is 5.75 Å². The zero-order chi connectivity index (χ0) is 20.6. The highest BCUT2D eigenvalue weighted by Crippen LogP contribution is 2.42. The molecule has 27 heavy (non-hydrogen) atoms. The summed E-state index contributed by atoms with van der Waals surface area (Å²) in [4.78, 5) is 0.0124. The van der Waals surface area contributed by atoms with Crippen LogP contribution < -0.4 is 4.74 Å². The van der Waals surface area contributed by atoms with Crippen molar-refractivity contribution in [1.82, 2.24) is 0 Å². The quantitative estimate of drug-likeness (QED) is 0.570. The molecule has 0 saturated carbocycles. The Morgan fingerprint density at radius 3 is 2.11 bits per heavy atom. The van der Waals surface area contributed by atoms with Gasteiger partial charge in [0.1, 0.15) is 11.1 Å². The maximum absolute atomic E-state index is 14.1. The molecule has 0 radical (unpaired) electrons. The molecule has 0 aromatic heterocycles. The summed E-state index contributed by atoms with van der Waals surface area (Å²) in [5.74, 6) is -1.89. The van der Waals surface area contributed by atoms with Crippen molar-refractivity contribution in [1.29, 1.82) is 0 Å². The molecular weight excluding hydrogens is 394 g/mol. The largest absolute Gasteiger partial charge is 0.490 e. The minimum atomic E-state index is -3.88. The highest BCUT2D eigenvalue weighted by atomic mass is 35.5. The van der Waals surface area contributed by atoms with Gasteiger partial charge in [-0.2, -0.15) is 0 Å². The highest BCUT2D eigenvalue weighted by molar-refractivity contribution is 7.91. The number of hydrogen-bond donors (Lipinski definition) is 0. The molecule has 7 heteroatoms. The van der Waals surface area contributed by atoms with Gasteiger partial charge in [-0.25, -0.2) is 17.2 Å². The number of rotatable bonds is 2. The summed E-state index contributed by atoms with van der Waals surface area (Å²) in [5, 5.41) is -0.795. The zero-order valence-corrected chi connectivity index (χ0v) is 17.5. The fourth-order valence-corrected chi connectivity index (χ4v) is 4.41. The second-order valence-corrected chi connectivity index (χ2v) is 8.17. The van der Waals surface area contributed by atoms with Crippen molar-refractivity contribution in [3.8, 4) is 5.75 Å². The molecule has 0 spiro atoms. The van der Waals surface area contributed by atoms with Gasteiger partial charge >= 0.3 is 0 Å². The molecule has 1 heterocycles. The number of sulfone groups is 1. The van der Waals surface area contributed by atoms with Crippen molar-refractivity contribution in [2.45, 2.75) is 50.7 Å². The fraction of sp³-hybridized carbons (Fsp3) is 0.400. The van der Waals surface area contributed by atoms with Crippen LogP contribution >= 0.6 is 11.6 Å². The van der Waals surface area contributed by atoms with E-state index in [4.69, 9.17) is 16.3 Å². The van der Waals surface area contributed by atoms with Gasteiger partial charge in [0.25, 0.3) is 0 Å². The normalized spacial score (nSPS) is 15.3. The van der Waals surface area contributed by atoms with Crippen LogP contribution in [0.15, 0.2) is 41.3 Å². The fourth-order valence-electron chi connectivity index (χ4n) is 2.51. The summed E-state index contributed by atoms with van der Waals surface area (Å²) < 4.78 is 58.4. The summed E-state index contributed by atoms with van der Waals surface area (Å²) in [6.45, 7) is 8.25. The first-order valence-corrected chi connectivity index (χ1v) is 10.9. The lowest BCUT2D eigenvalue weighted by Crippen LogP contribution is -2.23. The minimum Gasteiger partial charge on any atom is -0.490 e. The molecule has 0 unspecified atom stereocenters. The predicted molar refractivity (Wildman–Crippen MR) is 105 cm³/mol. The van der Waals surface area contributed by atoms with Crippen LogP contribution in [-0.2, 0) is 9.84 Å². The summed E-state index contributed by atoms with van der Waals surface area (Å²) in [6.07, 6.45) is 1.30. The number of halogens is 3. The third-order valence-electron chi connectivity index (χ3n) is 3.56. The molecule has 0 amide bonds. The van der Waals surface area contributed by atoms with Crippen molar-refractivity contribution in [2.24, 2.45) is 0 Å². The van der Waals surface area contributed by atoms with Gasteiger partial charge in [0.05, 0.1) is 17.1 Å². The Morgan fingerprint density at radius 1 is 1.04 bits per heavy atom. The van der Waals surface area contributed by atoms with E-state index in [1.807, 2.05) is 13.8 Å². The van der Waals surface area contributed by atoms with E-state index in [0.29, 0.717) is 5.02 Å². The number of benzene rings is 2. The lowest BCUT2D eigenvalue weighted by atomic mass is 10.0. The predicted octanol–water partition coefficient (Wildman–Crippen LogP) is 6.36. The van der Waals surface area contributed by atoms with E-state index in [1.54, 1.807) is 0 Å². The van der Waals surface area contributed by atoms with E-state index < -0.39 is 26.7 Å². The standard InChI is InChI=1S/C15H11ClF2O3S.C3H8.C2H6/c16-9-1-3-10(4-2-9)22(19,20)13-7-8-21-15-12(18)6-5-11(17)14(13)15;1-3-2;1-2/h1-6,13H,7-8H2;3H2,1-2H3;1-2H3/t13-;;/m1../s1. The summed E-state index contributed by atoms with van der Waals surface area (Å²) in [7, 11) is -3.88. The Balaban J connectivity index is 0.000000665. The zero-order valence-electron chi connectivity index (χ0n) is 15.9. The molecule has 1 atom stereocenters. The second-order valence-electron chi connectivity index (χ2n) is 5.60. The van der Waals surface area contributed by atoms with Gasteiger partial charge in [-0.05, 0) is 36.4 Å². The maximum Gasteiger partial charge on any atom is 0.185 e. The molecule has 3 rings (SSSR count).